The van der Waals surface area contributed by atoms with Crippen LogP contribution in [0.2, 0.25) is 5.15 Å². The van der Waals surface area contributed by atoms with Gasteiger partial charge in [-0.2, -0.15) is 0 Å². The molecule has 162 valence electrons. The second-order valence-corrected chi connectivity index (χ2v) is 7.86. The molecule has 3 aromatic rings. The van der Waals surface area contributed by atoms with Crippen LogP contribution < -0.4 is 4.74 Å². The Hall–Kier alpha value is -2.10. The molecule has 1 aliphatic rings. The maximum Gasteiger partial charge on any atom is 0.573 e. The fraction of sp³-hybridized carbons (Fsp3) is 0.500. The Bertz CT molecular complexity index is 1060. The normalized spacial score (nSPS) is 16.6. The summed E-state index contributed by atoms with van der Waals surface area (Å²) in [6, 6.07) is 4.15. The molecule has 0 N–H and O–H groups in total. The first-order chi connectivity index (χ1) is 14.2. The van der Waals surface area contributed by atoms with Gasteiger partial charge in [-0.3, -0.25) is 4.90 Å². The summed E-state index contributed by atoms with van der Waals surface area (Å²) in [4.78, 5) is 13.7. The molecule has 6 nitrogen and oxygen atoms in total. The molecule has 1 aromatic carbocycles. The third-order valence-corrected chi connectivity index (χ3v) is 5.73. The minimum atomic E-state index is -4.76. The van der Waals surface area contributed by atoms with Gasteiger partial charge in [0.25, 0.3) is 0 Å². The number of nitrogens with zero attached hydrogens (tertiary/aromatic N) is 5. The predicted octanol–water partition coefficient (Wildman–Crippen LogP) is 3.95. The van der Waals surface area contributed by atoms with E-state index in [2.05, 4.69) is 36.1 Å². The molecule has 3 heterocycles. The number of imidazole rings is 1. The van der Waals surface area contributed by atoms with Gasteiger partial charge in [0.05, 0.1) is 11.0 Å². The zero-order valence-electron chi connectivity index (χ0n) is 16.8. The van der Waals surface area contributed by atoms with E-state index in [1.807, 2.05) is 6.92 Å². The summed E-state index contributed by atoms with van der Waals surface area (Å²) >= 11 is 6.36. The predicted molar refractivity (Wildman–Crippen MR) is 110 cm³/mol. The smallest absolute Gasteiger partial charge is 0.406 e. The Morgan fingerprint density at radius 3 is 2.50 bits per heavy atom. The van der Waals surface area contributed by atoms with Gasteiger partial charge >= 0.3 is 6.36 Å². The lowest BCUT2D eigenvalue weighted by atomic mass is 10.2. The lowest BCUT2D eigenvalue weighted by Crippen LogP contribution is -2.45. The summed E-state index contributed by atoms with van der Waals surface area (Å²) in [5, 5.41) is 0.879. The minimum absolute atomic E-state index is 0.176. The van der Waals surface area contributed by atoms with Crippen LogP contribution in [0.5, 0.6) is 5.75 Å². The Morgan fingerprint density at radius 2 is 1.83 bits per heavy atom. The zero-order valence-corrected chi connectivity index (χ0v) is 17.6. The summed E-state index contributed by atoms with van der Waals surface area (Å²) in [6.45, 7) is 7.69. The van der Waals surface area contributed by atoms with Crippen LogP contribution in [0, 0.1) is 0 Å². The molecule has 2 aromatic heterocycles. The Kier molecular flexibility index (Phi) is 5.78. The second-order valence-electron chi connectivity index (χ2n) is 7.50. The van der Waals surface area contributed by atoms with E-state index in [0.717, 1.165) is 50.6 Å². The number of rotatable bonds is 5. The number of ether oxygens (including phenoxy) is 1. The van der Waals surface area contributed by atoms with Gasteiger partial charge in [0, 0.05) is 57.1 Å². The third-order valence-electron chi connectivity index (χ3n) is 5.47. The van der Waals surface area contributed by atoms with E-state index in [1.54, 1.807) is 6.07 Å². The number of piperazine rings is 1. The number of pyridine rings is 1. The molecular formula is C20H23ClF3N5O. The number of halogens is 4. The van der Waals surface area contributed by atoms with Crippen molar-refractivity contribution in [2.24, 2.45) is 0 Å². The Balaban J connectivity index is 1.73. The van der Waals surface area contributed by atoms with Crippen molar-refractivity contribution in [2.45, 2.75) is 26.3 Å². The van der Waals surface area contributed by atoms with Gasteiger partial charge in [-0.1, -0.05) is 18.5 Å². The Labute approximate surface area is 177 Å². The lowest BCUT2D eigenvalue weighted by molar-refractivity contribution is -0.274. The molecule has 0 atom stereocenters. The largest absolute Gasteiger partial charge is 0.573 e. The van der Waals surface area contributed by atoms with Crippen LogP contribution in [0.25, 0.3) is 21.9 Å². The molecule has 4 rings (SSSR count). The first-order valence-corrected chi connectivity index (χ1v) is 10.3. The van der Waals surface area contributed by atoms with Crippen LogP contribution in [-0.2, 0) is 13.0 Å². The van der Waals surface area contributed by atoms with Crippen molar-refractivity contribution in [1.29, 1.82) is 0 Å². The third kappa shape index (κ3) is 4.33. The SMILES string of the molecule is CCc1nc2c(Cl)nc3cc(OC(F)(F)F)ccc3c2n1CCN1CCN(C)CC1. The summed E-state index contributed by atoms with van der Waals surface area (Å²) < 4.78 is 44.0. The molecule has 1 aliphatic heterocycles. The number of fused-ring (bicyclic) bond motifs is 3. The molecule has 0 spiro atoms. The van der Waals surface area contributed by atoms with Crippen molar-refractivity contribution >= 4 is 33.5 Å². The van der Waals surface area contributed by atoms with Crippen LogP contribution in [0.15, 0.2) is 18.2 Å². The van der Waals surface area contributed by atoms with Gasteiger partial charge in [0.2, 0.25) is 0 Å². The molecular weight excluding hydrogens is 419 g/mol. The van der Waals surface area contributed by atoms with Crippen LogP contribution in [0.4, 0.5) is 13.2 Å². The number of likely N-dealkylation sites (N-methyl/N-ethyl adjacent to an activating group) is 1. The van der Waals surface area contributed by atoms with E-state index in [0.29, 0.717) is 22.8 Å². The molecule has 0 bridgehead atoms. The second kappa shape index (κ2) is 8.20. The van der Waals surface area contributed by atoms with Crippen LogP contribution in [-0.4, -0.2) is 70.5 Å². The maximum absolute atomic E-state index is 12.6. The summed E-state index contributed by atoms with van der Waals surface area (Å²) in [5.41, 5.74) is 1.72. The highest BCUT2D eigenvalue weighted by molar-refractivity contribution is 6.35. The van der Waals surface area contributed by atoms with E-state index < -0.39 is 6.36 Å². The highest BCUT2D eigenvalue weighted by atomic mass is 35.5. The van der Waals surface area contributed by atoms with E-state index in [4.69, 9.17) is 11.6 Å². The number of hydrogen-bond acceptors (Lipinski definition) is 5. The average molecular weight is 442 g/mol. The minimum Gasteiger partial charge on any atom is -0.406 e. The summed E-state index contributed by atoms with van der Waals surface area (Å²) in [7, 11) is 2.12. The van der Waals surface area contributed by atoms with Crippen molar-refractivity contribution in [1.82, 2.24) is 24.3 Å². The highest BCUT2D eigenvalue weighted by Crippen LogP contribution is 2.33. The molecule has 10 heteroatoms. The fourth-order valence-electron chi connectivity index (χ4n) is 3.90. The van der Waals surface area contributed by atoms with Crippen LogP contribution >= 0.6 is 11.6 Å². The molecule has 0 unspecified atom stereocenters. The lowest BCUT2D eigenvalue weighted by Gasteiger charge is -2.32. The Morgan fingerprint density at radius 1 is 1.10 bits per heavy atom. The fourth-order valence-corrected chi connectivity index (χ4v) is 4.12. The van der Waals surface area contributed by atoms with Crippen LogP contribution in [0.1, 0.15) is 12.7 Å². The van der Waals surface area contributed by atoms with Gasteiger partial charge in [-0.05, 0) is 19.2 Å². The highest BCUT2D eigenvalue weighted by Gasteiger charge is 2.31. The molecule has 30 heavy (non-hydrogen) atoms. The van der Waals surface area contributed by atoms with E-state index >= 15 is 0 Å². The van der Waals surface area contributed by atoms with Crippen molar-refractivity contribution in [2.75, 3.05) is 39.8 Å². The van der Waals surface area contributed by atoms with Gasteiger partial charge < -0.3 is 14.2 Å². The van der Waals surface area contributed by atoms with E-state index in [9.17, 15) is 13.2 Å². The van der Waals surface area contributed by atoms with E-state index in [-0.39, 0.29) is 10.9 Å². The average Bonchev–Trinajstić information content (AvgIpc) is 3.06. The van der Waals surface area contributed by atoms with E-state index in [1.165, 1.54) is 12.1 Å². The van der Waals surface area contributed by atoms with Gasteiger partial charge in [-0.15, -0.1) is 13.2 Å². The number of alkyl halides is 3. The van der Waals surface area contributed by atoms with Crippen LogP contribution in [0.3, 0.4) is 0 Å². The number of hydrogen-bond donors (Lipinski definition) is 0. The quantitative estimate of drug-likeness (QED) is 0.561. The first-order valence-electron chi connectivity index (χ1n) is 9.90. The molecule has 0 radical (unpaired) electrons. The van der Waals surface area contributed by atoms with Gasteiger partial charge in [-0.25, -0.2) is 9.97 Å². The van der Waals surface area contributed by atoms with Crippen molar-refractivity contribution in [3.05, 3.63) is 29.2 Å². The maximum atomic E-state index is 12.6. The number of aromatic nitrogens is 3. The van der Waals surface area contributed by atoms with Crippen molar-refractivity contribution in [3.8, 4) is 5.75 Å². The molecule has 1 fully saturated rings. The van der Waals surface area contributed by atoms with Crippen molar-refractivity contribution < 1.29 is 17.9 Å². The van der Waals surface area contributed by atoms with Gasteiger partial charge in [0.1, 0.15) is 17.1 Å². The summed E-state index contributed by atoms with van der Waals surface area (Å²) in [6.07, 6.45) is -4.05. The number of benzene rings is 1. The monoisotopic (exact) mass is 441 g/mol. The number of aryl methyl sites for hydroxylation is 1. The molecule has 0 aliphatic carbocycles. The zero-order chi connectivity index (χ0) is 21.5. The topological polar surface area (TPSA) is 46.4 Å². The summed E-state index contributed by atoms with van der Waals surface area (Å²) in [5.74, 6) is 0.558. The standard InChI is InChI=1S/C20H23ClF3N5O/c1-3-16-26-17-18(29(16)11-10-28-8-6-27(2)7-9-28)14-5-4-13(30-20(22,23)24)12-15(14)25-19(17)21/h4-5,12H,3,6-11H2,1-2H3. The van der Waals surface area contributed by atoms with Gasteiger partial charge in [0.15, 0.2) is 5.15 Å². The first kappa shape index (κ1) is 21.1. The molecule has 1 saturated heterocycles. The van der Waals surface area contributed by atoms with Crippen molar-refractivity contribution in [3.63, 3.8) is 0 Å². The molecule has 0 saturated carbocycles. The molecule has 0 amide bonds.